The monoisotopic (exact) mass is 200 g/mol. The highest BCUT2D eigenvalue weighted by Gasteiger charge is 1.78. The van der Waals surface area contributed by atoms with Crippen molar-refractivity contribution < 1.29 is 0 Å². The molecular formula is C7H18Cl2N2. The second kappa shape index (κ2) is 12.7. The Hall–Kier alpha value is 0.0500. The molecule has 2 nitrogen and oxygen atoms in total. The number of halogens is 2. The minimum atomic E-state index is 0. The number of hydrogen-bond acceptors (Lipinski definition) is 1. The van der Waals surface area contributed by atoms with Gasteiger partial charge in [-0.05, 0) is 6.42 Å². The maximum absolute atomic E-state index is 4.16. The third kappa shape index (κ3) is 17.8. The number of hydrogen-bond donors (Lipinski definition) is 0. The second-order valence-corrected chi connectivity index (χ2v) is 2.34. The fraction of sp³-hybridized carbons (Fsp3) is 0.857. The summed E-state index contributed by atoms with van der Waals surface area (Å²) >= 11 is 0. The Kier molecular flexibility index (Phi) is 19.9. The standard InChI is InChI=1S/C7H16N2.2ClH/c1-4-5-6-8-7-9(2)3;;/h7H,4-6H2,1-3H3;2*1H. The van der Waals surface area contributed by atoms with Gasteiger partial charge in [0.2, 0.25) is 0 Å². The van der Waals surface area contributed by atoms with Crippen LogP contribution in [0.4, 0.5) is 0 Å². The molecule has 0 amide bonds. The topological polar surface area (TPSA) is 15.6 Å². The van der Waals surface area contributed by atoms with Crippen LogP contribution in [0.3, 0.4) is 0 Å². The number of rotatable bonds is 4. The van der Waals surface area contributed by atoms with Gasteiger partial charge in [0.25, 0.3) is 0 Å². The van der Waals surface area contributed by atoms with E-state index >= 15 is 0 Å². The maximum atomic E-state index is 4.16. The van der Waals surface area contributed by atoms with E-state index in [0.29, 0.717) is 0 Å². The van der Waals surface area contributed by atoms with Gasteiger partial charge in [-0.1, -0.05) is 13.3 Å². The van der Waals surface area contributed by atoms with Gasteiger partial charge in [0, 0.05) is 20.6 Å². The molecular weight excluding hydrogens is 183 g/mol. The van der Waals surface area contributed by atoms with E-state index in [9.17, 15) is 0 Å². The van der Waals surface area contributed by atoms with Crippen molar-refractivity contribution in [3.05, 3.63) is 0 Å². The first-order valence-electron chi connectivity index (χ1n) is 3.43. The van der Waals surface area contributed by atoms with Crippen LogP contribution in [0.25, 0.3) is 0 Å². The van der Waals surface area contributed by atoms with Gasteiger partial charge >= 0.3 is 0 Å². The van der Waals surface area contributed by atoms with Crippen molar-refractivity contribution in [2.24, 2.45) is 4.99 Å². The predicted octanol–water partition coefficient (Wildman–Crippen LogP) is 2.22. The van der Waals surface area contributed by atoms with E-state index in [4.69, 9.17) is 0 Å². The van der Waals surface area contributed by atoms with Crippen LogP contribution in [0.15, 0.2) is 4.99 Å². The third-order valence-electron chi connectivity index (χ3n) is 0.953. The van der Waals surface area contributed by atoms with Gasteiger partial charge in [-0.15, -0.1) is 24.8 Å². The molecule has 0 saturated carbocycles. The summed E-state index contributed by atoms with van der Waals surface area (Å²) in [5, 5.41) is 0. The molecule has 0 atom stereocenters. The van der Waals surface area contributed by atoms with Crippen molar-refractivity contribution in [1.82, 2.24) is 4.90 Å². The summed E-state index contributed by atoms with van der Waals surface area (Å²) in [5.41, 5.74) is 0. The van der Waals surface area contributed by atoms with Crippen LogP contribution in [0.5, 0.6) is 0 Å². The number of unbranched alkanes of at least 4 members (excludes halogenated alkanes) is 1. The Bertz CT molecular complexity index is 84.5. The molecule has 0 aromatic carbocycles. The average molecular weight is 201 g/mol. The van der Waals surface area contributed by atoms with Crippen LogP contribution in [0, 0.1) is 0 Å². The molecule has 0 aromatic heterocycles. The SMILES string of the molecule is CCCCN=CN(C)C.Cl.Cl. The smallest absolute Gasteiger partial charge is 0.0844 e. The summed E-state index contributed by atoms with van der Waals surface area (Å²) in [6.45, 7) is 3.14. The largest absolute Gasteiger partial charge is 0.369 e. The molecule has 70 valence electrons. The lowest BCUT2D eigenvalue weighted by molar-refractivity contribution is 0.636. The van der Waals surface area contributed by atoms with Crippen molar-refractivity contribution in [1.29, 1.82) is 0 Å². The van der Waals surface area contributed by atoms with Gasteiger partial charge in [-0.25, -0.2) is 0 Å². The third-order valence-corrected chi connectivity index (χ3v) is 0.953. The van der Waals surface area contributed by atoms with Crippen LogP contribution in [-0.4, -0.2) is 31.9 Å². The molecule has 0 bridgehead atoms. The van der Waals surface area contributed by atoms with Gasteiger partial charge in [-0.2, -0.15) is 0 Å². The Morgan fingerprint density at radius 2 is 1.82 bits per heavy atom. The molecule has 0 heterocycles. The molecule has 4 heteroatoms. The Morgan fingerprint density at radius 3 is 2.18 bits per heavy atom. The van der Waals surface area contributed by atoms with E-state index in [2.05, 4.69) is 11.9 Å². The minimum Gasteiger partial charge on any atom is -0.369 e. The van der Waals surface area contributed by atoms with Crippen LogP contribution in [0.1, 0.15) is 19.8 Å². The quantitative estimate of drug-likeness (QED) is 0.387. The van der Waals surface area contributed by atoms with Crippen molar-refractivity contribution in [3.63, 3.8) is 0 Å². The second-order valence-electron chi connectivity index (χ2n) is 2.34. The summed E-state index contributed by atoms with van der Waals surface area (Å²) in [7, 11) is 3.96. The van der Waals surface area contributed by atoms with Gasteiger partial charge in [0.1, 0.15) is 0 Å². The van der Waals surface area contributed by atoms with Gasteiger partial charge in [0.05, 0.1) is 6.34 Å². The summed E-state index contributed by atoms with van der Waals surface area (Å²) in [6.07, 6.45) is 4.28. The van der Waals surface area contributed by atoms with Crippen LogP contribution in [0.2, 0.25) is 0 Å². The Labute approximate surface area is 81.9 Å². The lowest BCUT2D eigenvalue weighted by Crippen LogP contribution is -2.07. The molecule has 0 unspecified atom stereocenters. The first-order valence-corrected chi connectivity index (χ1v) is 3.43. The van der Waals surface area contributed by atoms with E-state index < -0.39 is 0 Å². The summed E-state index contributed by atoms with van der Waals surface area (Å²) in [4.78, 5) is 6.12. The minimum absolute atomic E-state index is 0. The van der Waals surface area contributed by atoms with Gasteiger partial charge in [-0.3, -0.25) is 4.99 Å². The predicted molar refractivity (Wildman–Crippen MR) is 56.5 cm³/mol. The van der Waals surface area contributed by atoms with Gasteiger partial charge in [0.15, 0.2) is 0 Å². The van der Waals surface area contributed by atoms with Gasteiger partial charge < -0.3 is 4.90 Å². The van der Waals surface area contributed by atoms with E-state index in [1.54, 1.807) is 0 Å². The Balaban J connectivity index is -0.000000320. The fourth-order valence-electron chi connectivity index (χ4n) is 0.470. The zero-order valence-electron chi connectivity index (χ0n) is 7.41. The van der Waals surface area contributed by atoms with Crippen molar-refractivity contribution in [2.75, 3.05) is 20.6 Å². The molecule has 0 rings (SSSR count). The molecule has 0 aliphatic carbocycles. The normalized spacial score (nSPS) is 8.64. The van der Waals surface area contributed by atoms with E-state index in [-0.39, 0.29) is 24.8 Å². The number of aliphatic imine (C=N–C) groups is 1. The van der Waals surface area contributed by atoms with Crippen molar-refractivity contribution in [2.45, 2.75) is 19.8 Å². The van der Waals surface area contributed by atoms with Crippen molar-refractivity contribution in [3.8, 4) is 0 Å². The van der Waals surface area contributed by atoms with Crippen LogP contribution < -0.4 is 0 Å². The molecule has 0 saturated heterocycles. The molecule has 0 aliphatic heterocycles. The van der Waals surface area contributed by atoms with E-state index in [1.807, 2.05) is 25.3 Å². The van der Waals surface area contributed by atoms with Crippen LogP contribution in [-0.2, 0) is 0 Å². The van der Waals surface area contributed by atoms with Crippen LogP contribution >= 0.6 is 24.8 Å². The molecule has 0 spiro atoms. The van der Waals surface area contributed by atoms with E-state index in [0.717, 1.165) is 6.54 Å². The molecule has 0 aliphatic rings. The van der Waals surface area contributed by atoms with Crippen molar-refractivity contribution >= 4 is 31.2 Å². The lowest BCUT2D eigenvalue weighted by Gasteiger charge is -2.00. The van der Waals surface area contributed by atoms with E-state index in [1.165, 1.54) is 12.8 Å². The first kappa shape index (κ1) is 17.2. The first-order chi connectivity index (χ1) is 4.27. The highest BCUT2D eigenvalue weighted by atomic mass is 35.5. The molecule has 0 radical (unpaired) electrons. The summed E-state index contributed by atoms with van der Waals surface area (Å²) < 4.78 is 0. The maximum Gasteiger partial charge on any atom is 0.0844 e. The highest BCUT2D eigenvalue weighted by molar-refractivity contribution is 5.85. The average Bonchev–Trinajstić information content (AvgIpc) is 1.80. The molecule has 11 heavy (non-hydrogen) atoms. The summed E-state index contributed by atoms with van der Waals surface area (Å²) in [5.74, 6) is 0. The Morgan fingerprint density at radius 1 is 1.27 bits per heavy atom. The molecule has 0 fully saturated rings. The lowest BCUT2D eigenvalue weighted by atomic mass is 10.3. The zero-order chi connectivity index (χ0) is 7.11. The number of nitrogens with zero attached hydrogens (tertiary/aromatic N) is 2. The zero-order valence-corrected chi connectivity index (χ0v) is 9.04. The summed E-state index contributed by atoms with van der Waals surface area (Å²) in [6, 6.07) is 0. The molecule has 0 aromatic rings. The fourth-order valence-corrected chi connectivity index (χ4v) is 0.470. The highest BCUT2D eigenvalue weighted by Crippen LogP contribution is 1.85. The molecule has 0 N–H and O–H groups in total.